The van der Waals surface area contributed by atoms with Gasteiger partial charge in [0, 0.05) is 41.8 Å². The number of halogens is 1. The van der Waals surface area contributed by atoms with Crippen LogP contribution in [0.15, 0.2) is 60.8 Å². The van der Waals surface area contributed by atoms with E-state index in [-0.39, 0.29) is 5.91 Å². The second kappa shape index (κ2) is 9.15. The van der Waals surface area contributed by atoms with Gasteiger partial charge in [-0.3, -0.25) is 9.78 Å². The molecule has 0 bridgehead atoms. The van der Waals surface area contributed by atoms with Crippen LogP contribution in [-0.2, 0) is 4.74 Å². The van der Waals surface area contributed by atoms with E-state index < -0.39 is 0 Å². The fourth-order valence-electron chi connectivity index (χ4n) is 3.39. The van der Waals surface area contributed by atoms with Crippen LogP contribution in [0.1, 0.15) is 10.4 Å². The molecule has 4 rings (SSSR count). The van der Waals surface area contributed by atoms with Gasteiger partial charge in [-0.2, -0.15) is 0 Å². The molecule has 3 aromatic rings. The minimum Gasteiger partial charge on any atom is -0.494 e. The lowest BCUT2D eigenvalue weighted by molar-refractivity contribution is 0.102. The number of carbonyl (C=O) groups is 1. The second-order valence-electron chi connectivity index (χ2n) is 6.85. The van der Waals surface area contributed by atoms with E-state index in [1.165, 1.54) is 0 Å². The number of nitrogens with zero attached hydrogens (tertiary/aromatic N) is 2. The molecule has 1 aromatic heterocycles. The molecular weight excluding hydrogens is 402 g/mol. The van der Waals surface area contributed by atoms with Crippen LogP contribution in [0.3, 0.4) is 0 Å². The molecule has 0 radical (unpaired) electrons. The third-order valence-corrected chi connectivity index (χ3v) is 5.29. The lowest BCUT2D eigenvalue weighted by Gasteiger charge is -2.28. The molecule has 1 saturated heterocycles. The minimum atomic E-state index is -0.226. The zero-order valence-corrected chi connectivity index (χ0v) is 17.4. The largest absolute Gasteiger partial charge is 0.494 e. The first-order valence-electron chi connectivity index (χ1n) is 9.69. The summed E-state index contributed by atoms with van der Waals surface area (Å²) in [6.45, 7) is 3.22. The lowest BCUT2D eigenvalue weighted by atomic mass is 10.1. The summed E-state index contributed by atoms with van der Waals surface area (Å²) in [5, 5.41) is 3.35. The van der Waals surface area contributed by atoms with Gasteiger partial charge in [-0.05, 0) is 48.5 Å². The van der Waals surface area contributed by atoms with Crippen molar-refractivity contribution in [3.05, 3.63) is 71.4 Å². The fourth-order valence-corrected chi connectivity index (χ4v) is 3.66. The van der Waals surface area contributed by atoms with E-state index >= 15 is 0 Å². The molecule has 30 heavy (non-hydrogen) atoms. The standard InChI is InChI=1S/C23H22ClN3O3/c1-29-21-3-2-10-25-22(21)19-9-4-16(15-20(19)24)23(28)26-17-5-7-18(8-6-17)27-11-13-30-14-12-27/h2-10,15H,11-14H2,1H3,(H,26,28). The Hall–Kier alpha value is -3.09. The van der Waals surface area contributed by atoms with Gasteiger partial charge < -0.3 is 19.7 Å². The van der Waals surface area contributed by atoms with Crippen LogP contribution in [0, 0.1) is 0 Å². The predicted octanol–water partition coefficient (Wildman–Crippen LogP) is 4.50. The monoisotopic (exact) mass is 423 g/mol. The van der Waals surface area contributed by atoms with Gasteiger partial charge in [0.15, 0.2) is 0 Å². The average Bonchev–Trinajstić information content (AvgIpc) is 2.80. The van der Waals surface area contributed by atoms with Crippen molar-refractivity contribution in [3.8, 4) is 17.0 Å². The topological polar surface area (TPSA) is 63.7 Å². The van der Waals surface area contributed by atoms with Crippen LogP contribution in [-0.4, -0.2) is 44.3 Å². The molecule has 1 aliphatic heterocycles. The molecule has 2 aromatic carbocycles. The molecule has 6 nitrogen and oxygen atoms in total. The summed E-state index contributed by atoms with van der Waals surface area (Å²) in [7, 11) is 1.58. The number of hydrogen-bond acceptors (Lipinski definition) is 5. The average molecular weight is 424 g/mol. The smallest absolute Gasteiger partial charge is 0.255 e. The minimum absolute atomic E-state index is 0.226. The van der Waals surface area contributed by atoms with Crippen LogP contribution in [0.4, 0.5) is 11.4 Å². The highest BCUT2D eigenvalue weighted by molar-refractivity contribution is 6.33. The summed E-state index contributed by atoms with van der Waals surface area (Å²) in [4.78, 5) is 19.3. The molecule has 2 heterocycles. The summed E-state index contributed by atoms with van der Waals surface area (Å²) in [5.74, 6) is 0.396. The van der Waals surface area contributed by atoms with Crippen molar-refractivity contribution >= 4 is 28.9 Å². The van der Waals surface area contributed by atoms with E-state index in [0.29, 0.717) is 27.6 Å². The lowest BCUT2D eigenvalue weighted by Crippen LogP contribution is -2.36. The molecule has 1 N–H and O–H groups in total. The predicted molar refractivity (Wildman–Crippen MR) is 119 cm³/mol. The van der Waals surface area contributed by atoms with Gasteiger partial charge in [-0.25, -0.2) is 0 Å². The Balaban J connectivity index is 1.48. The molecular formula is C23H22ClN3O3. The van der Waals surface area contributed by atoms with Gasteiger partial charge in [0.2, 0.25) is 0 Å². The summed E-state index contributed by atoms with van der Waals surface area (Å²) in [6.07, 6.45) is 1.68. The van der Waals surface area contributed by atoms with E-state index in [0.717, 1.165) is 37.7 Å². The number of hydrogen-bond donors (Lipinski definition) is 1. The van der Waals surface area contributed by atoms with Crippen LogP contribution in [0.25, 0.3) is 11.3 Å². The van der Waals surface area contributed by atoms with Crippen molar-refractivity contribution < 1.29 is 14.3 Å². The van der Waals surface area contributed by atoms with E-state index in [9.17, 15) is 4.79 Å². The quantitative estimate of drug-likeness (QED) is 0.654. The number of methoxy groups -OCH3 is 1. The maximum absolute atomic E-state index is 12.7. The Morgan fingerprint density at radius 1 is 1.13 bits per heavy atom. The fraction of sp³-hybridized carbons (Fsp3) is 0.217. The number of ether oxygens (including phenoxy) is 2. The highest BCUT2D eigenvalue weighted by atomic mass is 35.5. The van der Waals surface area contributed by atoms with Gasteiger partial charge in [0.1, 0.15) is 11.4 Å². The van der Waals surface area contributed by atoms with Crippen LogP contribution < -0.4 is 15.0 Å². The van der Waals surface area contributed by atoms with E-state index in [1.54, 1.807) is 37.6 Å². The molecule has 1 aliphatic rings. The summed E-state index contributed by atoms with van der Waals surface area (Å²) in [5.41, 5.74) is 3.66. The highest BCUT2D eigenvalue weighted by Crippen LogP contribution is 2.33. The maximum atomic E-state index is 12.7. The summed E-state index contributed by atoms with van der Waals surface area (Å²) in [6, 6.07) is 16.6. The first-order chi connectivity index (χ1) is 14.7. The van der Waals surface area contributed by atoms with Crippen LogP contribution in [0.2, 0.25) is 5.02 Å². The molecule has 7 heteroatoms. The Morgan fingerprint density at radius 3 is 2.60 bits per heavy atom. The Kier molecular flexibility index (Phi) is 6.16. The maximum Gasteiger partial charge on any atom is 0.255 e. The number of morpholine rings is 1. The number of carbonyl (C=O) groups excluding carboxylic acids is 1. The highest BCUT2D eigenvalue weighted by Gasteiger charge is 2.15. The molecule has 1 fully saturated rings. The third-order valence-electron chi connectivity index (χ3n) is 4.98. The van der Waals surface area contributed by atoms with Gasteiger partial charge in [0.05, 0.1) is 25.3 Å². The van der Waals surface area contributed by atoms with Gasteiger partial charge in [-0.15, -0.1) is 0 Å². The molecule has 0 aliphatic carbocycles. The molecule has 0 spiro atoms. The number of aromatic nitrogens is 1. The number of pyridine rings is 1. The van der Waals surface area contributed by atoms with Crippen LogP contribution >= 0.6 is 11.6 Å². The molecule has 0 atom stereocenters. The molecule has 0 unspecified atom stereocenters. The van der Waals surface area contributed by atoms with Crippen molar-refractivity contribution in [2.45, 2.75) is 0 Å². The van der Waals surface area contributed by atoms with Crippen molar-refractivity contribution in [2.24, 2.45) is 0 Å². The normalized spacial score (nSPS) is 13.7. The first-order valence-corrected chi connectivity index (χ1v) is 10.1. The summed E-state index contributed by atoms with van der Waals surface area (Å²) >= 11 is 6.46. The van der Waals surface area contributed by atoms with Crippen molar-refractivity contribution in [2.75, 3.05) is 43.6 Å². The van der Waals surface area contributed by atoms with Crippen molar-refractivity contribution in [1.82, 2.24) is 4.98 Å². The SMILES string of the molecule is COc1cccnc1-c1ccc(C(=O)Nc2ccc(N3CCOCC3)cc2)cc1Cl. The number of nitrogens with one attached hydrogen (secondary N) is 1. The van der Waals surface area contributed by atoms with Gasteiger partial charge >= 0.3 is 0 Å². The van der Waals surface area contributed by atoms with E-state index in [2.05, 4.69) is 15.2 Å². The zero-order valence-electron chi connectivity index (χ0n) is 16.6. The zero-order chi connectivity index (χ0) is 20.9. The van der Waals surface area contributed by atoms with Gasteiger partial charge in [0.25, 0.3) is 5.91 Å². The van der Waals surface area contributed by atoms with E-state index in [1.807, 2.05) is 30.3 Å². The molecule has 0 saturated carbocycles. The Bertz CT molecular complexity index is 1030. The second-order valence-corrected chi connectivity index (χ2v) is 7.26. The number of rotatable bonds is 5. The molecule has 154 valence electrons. The number of anilines is 2. The van der Waals surface area contributed by atoms with Crippen molar-refractivity contribution in [3.63, 3.8) is 0 Å². The van der Waals surface area contributed by atoms with E-state index in [4.69, 9.17) is 21.1 Å². The number of amides is 1. The Labute approximate surface area is 180 Å². The molecule has 1 amide bonds. The van der Waals surface area contributed by atoms with Gasteiger partial charge in [-0.1, -0.05) is 17.7 Å². The van der Waals surface area contributed by atoms with Crippen molar-refractivity contribution in [1.29, 1.82) is 0 Å². The van der Waals surface area contributed by atoms with Crippen LogP contribution in [0.5, 0.6) is 5.75 Å². The first kappa shape index (κ1) is 20.2. The third kappa shape index (κ3) is 4.40. The number of benzene rings is 2. The summed E-state index contributed by atoms with van der Waals surface area (Å²) < 4.78 is 10.7. The Morgan fingerprint density at radius 2 is 1.90 bits per heavy atom.